The first kappa shape index (κ1) is 17.3. The highest BCUT2D eigenvalue weighted by atomic mass is 32.1. The molecule has 3 aromatic rings. The number of hydrogen-bond donors (Lipinski definition) is 0. The number of likely N-dealkylation sites (tertiary alicyclic amines) is 1. The molecular weight excluding hydrogens is 372 g/mol. The molecule has 0 radical (unpaired) electrons. The number of carbonyl (C=O) groups is 1. The van der Waals surface area contributed by atoms with E-state index in [9.17, 15) is 4.79 Å². The van der Waals surface area contributed by atoms with Crippen molar-refractivity contribution in [3.05, 3.63) is 59.1 Å². The maximum Gasteiger partial charge on any atom is 0.247 e. The predicted octanol–water partition coefficient (Wildman–Crippen LogP) is 4.79. The van der Waals surface area contributed by atoms with E-state index in [-0.39, 0.29) is 18.7 Å². The summed E-state index contributed by atoms with van der Waals surface area (Å²) in [5, 5.41) is 1.03. The summed E-state index contributed by atoms with van der Waals surface area (Å²) in [6.07, 6.45) is 6.61. The molecule has 1 amide bonds. The summed E-state index contributed by atoms with van der Waals surface area (Å²) in [7, 11) is 0. The predicted molar refractivity (Wildman–Crippen MR) is 110 cm³/mol. The zero-order valence-electron chi connectivity index (χ0n) is 15.3. The number of para-hydroxylation sites is 1. The van der Waals surface area contributed by atoms with Gasteiger partial charge in [-0.3, -0.25) is 4.79 Å². The Hall–Kier alpha value is -2.86. The Morgan fingerprint density at radius 1 is 1.14 bits per heavy atom. The van der Waals surface area contributed by atoms with Crippen molar-refractivity contribution in [2.75, 3.05) is 13.3 Å². The van der Waals surface area contributed by atoms with E-state index in [1.165, 1.54) is 4.70 Å². The number of piperidine rings is 1. The number of nitrogens with zero attached hydrogens (tertiary/aromatic N) is 2. The quantitative estimate of drug-likeness (QED) is 0.601. The van der Waals surface area contributed by atoms with Crippen LogP contribution >= 0.6 is 11.3 Å². The van der Waals surface area contributed by atoms with Crippen molar-refractivity contribution < 1.29 is 14.3 Å². The average molecular weight is 392 g/mol. The summed E-state index contributed by atoms with van der Waals surface area (Å²) in [5.74, 6) is 1.50. The largest absolute Gasteiger partial charge is 0.454 e. The number of thiazole rings is 1. The van der Waals surface area contributed by atoms with Crippen molar-refractivity contribution in [1.29, 1.82) is 0 Å². The lowest BCUT2D eigenvalue weighted by atomic mass is 10.0. The van der Waals surface area contributed by atoms with E-state index < -0.39 is 0 Å². The molecule has 0 N–H and O–H groups in total. The first-order chi connectivity index (χ1) is 13.8. The molecule has 2 aromatic carbocycles. The summed E-state index contributed by atoms with van der Waals surface area (Å²) in [6.45, 7) is 1.02. The standard InChI is InChI=1S/C22H20N2O3S/c25-21(11-9-15-8-10-18-19(13-15)27-14-26-18)24-12-4-3-6-17(24)22-23-16-5-1-2-7-20(16)28-22/h1-2,5,7-11,13,17H,3-4,6,12,14H2/b11-9+. The molecule has 142 valence electrons. The van der Waals surface area contributed by atoms with E-state index in [2.05, 4.69) is 6.07 Å². The highest BCUT2D eigenvalue weighted by Crippen LogP contribution is 2.36. The fourth-order valence-corrected chi connectivity index (χ4v) is 4.88. The minimum atomic E-state index is 0.0293. The lowest BCUT2D eigenvalue weighted by Crippen LogP contribution is -2.37. The second-order valence-corrected chi connectivity index (χ2v) is 8.07. The molecule has 6 heteroatoms. The van der Waals surface area contributed by atoms with E-state index in [1.807, 2.05) is 47.4 Å². The van der Waals surface area contributed by atoms with Gasteiger partial charge in [-0.2, -0.15) is 0 Å². The molecule has 3 heterocycles. The molecule has 2 aliphatic heterocycles. The van der Waals surface area contributed by atoms with Gasteiger partial charge in [-0.15, -0.1) is 11.3 Å². The molecule has 1 unspecified atom stereocenters. The Morgan fingerprint density at radius 2 is 2.04 bits per heavy atom. The second-order valence-electron chi connectivity index (χ2n) is 7.01. The Kier molecular flexibility index (Phi) is 4.49. The van der Waals surface area contributed by atoms with Gasteiger partial charge in [-0.1, -0.05) is 18.2 Å². The fourth-order valence-electron chi connectivity index (χ4n) is 3.76. The fraction of sp³-hybridized carbons (Fsp3) is 0.273. The monoisotopic (exact) mass is 392 g/mol. The average Bonchev–Trinajstić information content (AvgIpc) is 3.38. The van der Waals surface area contributed by atoms with Gasteiger partial charge in [-0.05, 0) is 55.2 Å². The molecule has 5 rings (SSSR count). The molecule has 0 spiro atoms. The van der Waals surface area contributed by atoms with Crippen molar-refractivity contribution >= 4 is 33.5 Å². The van der Waals surface area contributed by atoms with Crippen molar-refractivity contribution in [1.82, 2.24) is 9.88 Å². The van der Waals surface area contributed by atoms with Crippen molar-refractivity contribution in [2.45, 2.75) is 25.3 Å². The van der Waals surface area contributed by atoms with Crippen LogP contribution in [0.2, 0.25) is 0 Å². The maximum absolute atomic E-state index is 13.0. The van der Waals surface area contributed by atoms with Gasteiger partial charge in [0.2, 0.25) is 12.7 Å². The molecule has 1 aromatic heterocycles. The Labute approximate surface area is 167 Å². The molecule has 0 bridgehead atoms. The molecule has 0 saturated carbocycles. The first-order valence-electron chi connectivity index (χ1n) is 9.52. The highest BCUT2D eigenvalue weighted by Gasteiger charge is 2.29. The zero-order valence-corrected chi connectivity index (χ0v) is 16.2. The van der Waals surface area contributed by atoms with Crippen molar-refractivity contribution in [3.63, 3.8) is 0 Å². The summed E-state index contributed by atoms with van der Waals surface area (Å²) < 4.78 is 11.9. The number of aromatic nitrogens is 1. The van der Waals surface area contributed by atoms with Gasteiger partial charge in [-0.25, -0.2) is 4.98 Å². The smallest absolute Gasteiger partial charge is 0.247 e. The van der Waals surface area contributed by atoms with E-state index in [1.54, 1.807) is 17.4 Å². The van der Waals surface area contributed by atoms with E-state index in [4.69, 9.17) is 14.5 Å². The van der Waals surface area contributed by atoms with Gasteiger partial charge in [0.15, 0.2) is 11.5 Å². The lowest BCUT2D eigenvalue weighted by Gasteiger charge is -2.33. The molecule has 5 nitrogen and oxygen atoms in total. The summed E-state index contributed by atoms with van der Waals surface area (Å²) in [5.41, 5.74) is 1.93. The number of amides is 1. The summed E-state index contributed by atoms with van der Waals surface area (Å²) in [4.78, 5) is 19.7. The highest BCUT2D eigenvalue weighted by molar-refractivity contribution is 7.18. The van der Waals surface area contributed by atoms with Crippen molar-refractivity contribution in [3.8, 4) is 11.5 Å². The van der Waals surface area contributed by atoms with Crippen LogP contribution < -0.4 is 9.47 Å². The van der Waals surface area contributed by atoms with Crippen LogP contribution in [-0.4, -0.2) is 29.1 Å². The Balaban J connectivity index is 1.37. The molecular formula is C22H20N2O3S. The number of hydrogen-bond acceptors (Lipinski definition) is 5. The molecule has 1 fully saturated rings. The first-order valence-corrected chi connectivity index (χ1v) is 10.3. The van der Waals surface area contributed by atoms with Gasteiger partial charge >= 0.3 is 0 Å². The second kappa shape index (κ2) is 7.28. The van der Waals surface area contributed by atoms with Crippen LogP contribution in [0.5, 0.6) is 11.5 Å². The minimum Gasteiger partial charge on any atom is -0.454 e. The normalized spacial score (nSPS) is 18.9. The lowest BCUT2D eigenvalue weighted by molar-refractivity contribution is -0.129. The van der Waals surface area contributed by atoms with Crippen LogP contribution in [0.15, 0.2) is 48.5 Å². The van der Waals surface area contributed by atoms with Crippen molar-refractivity contribution in [2.24, 2.45) is 0 Å². The van der Waals surface area contributed by atoms with Crippen LogP contribution in [0, 0.1) is 0 Å². The number of rotatable bonds is 3. The van der Waals surface area contributed by atoms with Crippen LogP contribution in [0.25, 0.3) is 16.3 Å². The minimum absolute atomic E-state index is 0.0293. The summed E-state index contributed by atoms with van der Waals surface area (Å²) >= 11 is 1.69. The van der Waals surface area contributed by atoms with Gasteiger partial charge in [0, 0.05) is 12.6 Å². The Morgan fingerprint density at radius 3 is 2.96 bits per heavy atom. The van der Waals surface area contributed by atoms with Gasteiger partial charge in [0.25, 0.3) is 0 Å². The molecule has 0 aliphatic carbocycles. The molecule has 28 heavy (non-hydrogen) atoms. The summed E-state index contributed by atoms with van der Waals surface area (Å²) in [6, 6.07) is 13.9. The number of benzene rings is 2. The number of ether oxygens (including phenoxy) is 2. The van der Waals surface area contributed by atoms with Gasteiger partial charge in [0.1, 0.15) is 5.01 Å². The van der Waals surface area contributed by atoms with Crippen LogP contribution in [-0.2, 0) is 4.79 Å². The maximum atomic E-state index is 13.0. The van der Waals surface area contributed by atoms with Crippen LogP contribution in [0.3, 0.4) is 0 Å². The Bertz CT molecular complexity index is 1030. The van der Waals surface area contributed by atoms with Gasteiger partial charge < -0.3 is 14.4 Å². The van der Waals surface area contributed by atoms with Crippen LogP contribution in [0.4, 0.5) is 0 Å². The molecule has 1 saturated heterocycles. The third-order valence-corrected chi connectivity index (χ3v) is 6.33. The number of carbonyl (C=O) groups excluding carboxylic acids is 1. The zero-order chi connectivity index (χ0) is 18.9. The SMILES string of the molecule is O=C(/C=C/c1ccc2c(c1)OCO2)N1CCCCC1c1nc2ccccc2s1. The topological polar surface area (TPSA) is 51.7 Å². The van der Waals surface area contributed by atoms with Gasteiger partial charge in [0.05, 0.1) is 16.3 Å². The van der Waals surface area contributed by atoms with E-state index >= 15 is 0 Å². The molecule has 1 atom stereocenters. The van der Waals surface area contributed by atoms with Crippen LogP contribution in [0.1, 0.15) is 35.9 Å². The number of fused-ring (bicyclic) bond motifs is 2. The van der Waals surface area contributed by atoms with E-state index in [0.29, 0.717) is 0 Å². The molecule has 2 aliphatic rings. The third kappa shape index (κ3) is 3.24. The third-order valence-electron chi connectivity index (χ3n) is 5.20. The van der Waals surface area contributed by atoms with E-state index in [0.717, 1.165) is 53.4 Å².